The zero-order valence-corrected chi connectivity index (χ0v) is 10.9. The summed E-state index contributed by atoms with van der Waals surface area (Å²) >= 11 is 1.71. The molecule has 0 saturated carbocycles. The Morgan fingerprint density at radius 1 is 1.39 bits per heavy atom. The van der Waals surface area contributed by atoms with Gasteiger partial charge in [0.05, 0.1) is 11.6 Å². The number of thiophene rings is 1. The molecule has 0 aliphatic heterocycles. The number of carboxylic acid groups (broad SMARTS) is 1. The topological polar surface area (TPSA) is 49.3 Å². The van der Waals surface area contributed by atoms with E-state index in [4.69, 9.17) is 5.11 Å². The SMILES string of the molecule is CCC(Nc1cccc(C(=O)O)c1)c1cccs1. The van der Waals surface area contributed by atoms with Crippen molar-refractivity contribution >= 4 is 23.0 Å². The van der Waals surface area contributed by atoms with Crippen molar-refractivity contribution in [1.29, 1.82) is 0 Å². The molecule has 94 valence electrons. The van der Waals surface area contributed by atoms with Crippen LogP contribution in [0.3, 0.4) is 0 Å². The first-order chi connectivity index (χ1) is 8.70. The normalized spacial score (nSPS) is 12.1. The molecule has 0 saturated heterocycles. The molecular weight excluding hydrogens is 246 g/mol. The minimum absolute atomic E-state index is 0.231. The molecule has 1 atom stereocenters. The van der Waals surface area contributed by atoms with E-state index in [2.05, 4.69) is 18.3 Å². The second-order valence-electron chi connectivity index (χ2n) is 4.01. The largest absolute Gasteiger partial charge is 0.478 e. The first-order valence-corrected chi connectivity index (χ1v) is 6.72. The Labute approximate surface area is 110 Å². The van der Waals surface area contributed by atoms with Gasteiger partial charge in [0.25, 0.3) is 0 Å². The molecule has 0 bridgehead atoms. The predicted molar refractivity (Wildman–Crippen MR) is 74.4 cm³/mol. The van der Waals surface area contributed by atoms with Crippen molar-refractivity contribution in [2.75, 3.05) is 5.32 Å². The lowest BCUT2D eigenvalue weighted by Crippen LogP contribution is -2.08. The van der Waals surface area contributed by atoms with E-state index in [-0.39, 0.29) is 6.04 Å². The van der Waals surface area contributed by atoms with Gasteiger partial charge in [0, 0.05) is 10.6 Å². The van der Waals surface area contributed by atoms with E-state index in [1.54, 1.807) is 29.5 Å². The standard InChI is InChI=1S/C14H15NO2S/c1-2-12(13-7-4-8-18-13)15-11-6-3-5-10(9-11)14(16)17/h3-9,12,15H,2H2,1H3,(H,16,17). The number of carboxylic acids is 1. The fourth-order valence-electron chi connectivity index (χ4n) is 1.81. The number of nitrogens with one attached hydrogen (secondary N) is 1. The second-order valence-corrected chi connectivity index (χ2v) is 4.99. The summed E-state index contributed by atoms with van der Waals surface area (Å²) in [5.74, 6) is -0.900. The Balaban J connectivity index is 2.17. The molecule has 4 heteroatoms. The van der Waals surface area contributed by atoms with Crippen LogP contribution >= 0.6 is 11.3 Å². The number of anilines is 1. The molecule has 0 amide bonds. The fourth-order valence-corrected chi connectivity index (χ4v) is 2.67. The van der Waals surface area contributed by atoms with E-state index in [0.29, 0.717) is 5.56 Å². The first kappa shape index (κ1) is 12.6. The molecule has 1 heterocycles. The van der Waals surface area contributed by atoms with Gasteiger partial charge in [0.1, 0.15) is 0 Å². The number of carbonyl (C=O) groups is 1. The van der Waals surface area contributed by atoms with Gasteiger partial charge in [-0.2, -0.15) is 0 Å². The quantitative estimate of drug-likeness (QED) is 0.855. The maximum Gasteiger partial charge on any atom is 0.335 e. The van der Waals surface area contributed by atoms with Gasteiger partial charge in [-0.05, 0) is 36.1 Å². The zero-order chi connectivity index (χ0) is 13.0. The van der Waals surface area contributed by atoms with Crippen LogP contribution < -0.4 is 5.32 Å². The Kier molecular flexibility index (Phi) is 3.99. The summed E-state index contributed by atoms with van der Waals surface area (Å²) in [5, 5.41) is 14.4. The zero-order valence-electron chi connectivity index (χ0n) is 10.1. The average molecular weight is 261 g/mol. The van der Waals surface area contributed by atoms with Gasteiger partial charge >= 0.3 is 5.97 Å². The molecular formula is C14H15NO2S. The Hall–Kier alpha value is -1.81. The third-order valence-corrected chi connectivity index (χ3v) is 3.73. The number of hydrogen-bond donors (Lipinski definition) is 2. The third kappa shape index (κ3) is 2.90. The number of benzene rings is 1. The van der Waals surface area contributed by atoms with Crippen molar-refractivity contribution in [1.82, 2.24) is 0 Å². The molecule has 3 nitrogen and oxygen atoms in total. The second kappa shape index (κ2) is 5.69. The van der Waals surface area contributed by atoms with Crippen LogP contribution in [0.5, 0.6) is 0 Å². The van der Waals surface area contributed by atoms with E-state index in [9.17, 15) is 4.79 Å². The number of aromatic carboxylic acids is 1. The van der Waals surface area contributed by atoms with Gasteiger partial charge in [-0.1, -0.05) is 19.1 Å². The fraction of sp³-hybridized carbons (Fsp3) is 0.214. The summed E-state index contributed by atoms with van der Waals surface area (Å²) in [6, 6.07) is 11.3. The molecule has 1 aromatic carbocycles. The van der Waals surface area contributed by atoms with Gasteiger partial charge in [0.2, 0.25) is 0 Å². The average Bonchev–Trinajstić information content (AvgIpc) is 2.90. The molecule has 0 aliphatic rings. The highest BCUT2D eigenvalue weighted by Gasteiger charge is 2.11. The molecule has 18 heavy (non-hydrogen) atoms. The lowest BCUT2D eigenvalue weighted by molar-refractivity contribution is 0.0697. The summed E-state index contributed by atoms with van der Waals surface area (Å²) in [7, 11) is 0. The minimum atomic E-state index is -0.900. The van der Waals surface area contributed by atoms with Crippen LogP contribution in [-0.2, 0) is 0 Å². The summed E-state index contributed by atoms with van der Waals surface area (Å²) in [4.78, 5) is 12.2. The van der Waals surface area contributed by atoms with Crippen LogP contribution in [0.1, 0.15) is 34.6 Å². The molecule has 1 unspecified atom stereocenters. The van der Waals surface area contributed by atoms with Crippen LogP contribution in [-0.4, -0.2) is 11.1 Å². The molecule has 0 aliphatic carbocycles. The van der Waals surface area contributed by atoms with Gasteiger partial charge in [-0.15, -0.1) is 11.3 Å². The third-order valence-electron chi connectivity index (χ3n) is 2.75. The van der Waals surface area contributed by atoms with E-state index in [1.807, 2.05) is 17.5 Å². The van der Waals surface area contributed by atoms with E-state index in [0.717, 1.165) is 12.1 Å². The number of hydrogen-bond acceptors (Lipinski definition) is 3. The summed E-state index contributed by atoms with van der Waals surface area (Å²) in [6.45, 7) is 2.11. The van der Waals surface area contributed by atoms with Gasteiger partial charge in [-0.3, -0.25) is 0 Å². The molecule has 0 fully saturated rings. The smallest absolute Gasteiger partial charge is 0.335 e. The van der Waals surface area contributed by atoms with E-state index >= 15 is 0 Å². The summed E-state index contributed by atoms with van der Waals surface area (Å²) < 4.78 is 0. The first-order valence-electron chi connectivity index (χ1n) is 5.84. The van der Waals surface area contributed by atoms with Crippen molar-refractivity contribution in [2.45, 2.75) is 19.4 Å². The maximum absolute atomic E-state index is 10.9. The predicted octanol–water partition coefficient (Wildman–Crippen LogP) is 4.01. The molecule has 0 spiro atoms. The molecule has 0 radical (unpaired) electrons. The highest BCUT2D eigenvalue weighted by molar-refractivity contribution is 7.10. The van der Waals surface area contributed by atoms with Crippen molar-refractivity contribution in [2.24, 2.45) is 0 Å². The lowest BCUT2D eigenvalue weighted by Gasteiger charge is -2.17. The highest BCUT2D eigenvalue weighted by Crippen LogP contribution is 2.26. The molecule has 2 rings (SSSR count). The summed E-state index contributed by atoms with van der Waals surface area (Å²) in [6.07, 6.45) is 0.956. The lowest BCUT2D eigenvalue weighted by atomic mass is 10.1. The van der Waals surface area contributed by atoms with E-state index in [1.165, 1.54) is 4.88 Å². The molecule has 2 aromatic rings. The number of rotatable bonds is 5. The molecule has 2 N–H and O–H groups in total. The summed E-state index contributed by atoms with van der Waals surface area (Å²) in [5.41, 5.74) is 1.15. The minimum Gasteiger partial charge on any atom is -0.478 e. The van der Waals surface area contributed by atoms with Gasteiger partial charge < -0.3 is 10.4 Å². The van der Waals surface area contributed by atoms with Crippen molar-refractivity contribution in [3.8, 4) is 0 Å². The molecule has 1 aromatic heterocycles. The van der Waals surface area contributed by atoms with Crippen LogP contribution in [0.15, 0.2) is 41.8 Å². The Morgan fingerprint density at radius 2 is 2.22 bits per heavy atom. The maximum atomic E-state index is 10.9. The van der Waals surface area contributed by atoms with Crippen molar-refractivity contribution in [3.05, 3.63) is 52.2 Å². The van der Waals surface area contributed by atoms with Crippen molar-refractivity contribution < 1.29 is 9.90 Å². The van der Waals surface area contributed by atoms with Crippen LogP contribution in [0.25, 0.3) is 0 Å². The van der Waals surface area contributed by atoms with E-state index < -0.39 is 5.97 Å². The van der Waals surface area contributed by atoms with Gasteiger partial charge in [0.15, 0.2) is 0 Å². The monoisotopic (exact) mass is 261 g/mol. The highest BCUT2D eigenvalue weighted by atomic mass is 32.1. The Bertz CT molecular complexity index is 522. The Morgan fingerprint density at radius 3 is 2.83 bits per heavy atom. The van der Waals surface area contributed by atoms with Crippen LogP contribution in [0.2, 0.25) is 0 Å². The van der Waals surface area contributed by atoms with Crippen molar-refractivity contribution in [3.63, 3.8) is 0 Å². The van der Waals surface area contributed by atoms with Crippen LogP contribution in [0.4, 0.5) is 5.69 Å². The van der Waals surface area contributed by atoms with Crippen LogP contribution in [0, 0.1) is 0 Å². The van der Waals surface area contributed by atoms with Gasteiger partial charge in [-0.25, -0.2) is 4.79 Å².